The average molecular weight is 763 g/mol. The zero-order valence-electron chi connectivity index (χ0n) is 33.7. The number of nitrogens with two attached hydrogens (primary N) is 1. The molecular formula is C44H79N2O6P. The number of rotatable bonds is 38. The number of phosphoric acid groups is 1. The molecule has 8 nitrogen and oxygen atoms in total. The first-order valence-electron chi connectivity index (χ1n) is 21.1. The number of unbranched alkanes of at least 4 members (excludes halogenated alkanes) is 16. The smallest absolute Gasteiger partial charge is 0.387 e. The summed E-state index contributed by atoms with van der Waals surface area (Å²) < 4.78 is 22.1. The third-order valence-corrected chi connectivity index (χ3v) is 9.75. The molecule has 5 N–H and O–H groups in total. The van der Waals surface area contributed by atoms with E-state index in [0.717, 1.165) is 77.0 Å². The average Bonchev–Trinajstić information content (AvgIpc) is 3.14. The Morgan fingerprint density at radius 2 is 1.11 bits per heavy atom. The minimum atomic E-state index is -4.36. The molecule has 306 valence electrons. The van der Waals surface area contributed by atoms with E-state index in [-0.39, 0.29) is 25.7 Å². The van der Waals surface area contributed by atoms with E-state index in [9.17, 15) is 19.4 Å². The molecule has 0 saturated heterocycles. The van der Waals surface area contributed by atoms with Crippen LogP contribution in [0.2, 0.25) is 0 Å². The van der Waals surface area contributed by atoms with Crippen LogP contribution in [0.3, 0.4) is 0 Å². The Labute approximate surface area is 325 Å². The first-order chi connectivity index (χ1) is 25.9. The van der Waals surface area contributed by atoms with Crippen LogP contribution in [0.5, 0.6) is 0 Å². The Hall–Kier alpha value is -2.06. The van der Waals surface area contributed by atoms with Crippen molar-refractivity contribution in [2.24, 2.45) is 5.73 Å². The van der Waals surface area contributed by atoms with Crippen LogP contribution >= 0.6 is 7.82 Å². The fourth-order valence-electron chi connectivity index (χ4n) is 5.61. The van der Waals surface area contributed by atoms with Crippen LogP contribution in [0.25, 0.3) is 0 Å². The van der Waals surface area contributed by atoms with Gasteiger partial charge in [0.15, 0.2) is 0 Å². The lowest BCUT2D eigenvalue weighted by atomic mass is 10.1. The molecule has 9 heteroatoms. The second kappa shape index (κ2) is 39.6. The minimum absolute atomic E-state index is 0.0661. The number of hydrogen-bond acceptors (Lipinski definition) is 6. The highest BCUT2D eigenvalue weighted by molar-refractivity contribution is 7.47. The quantitative estimate of drug-likeness (QED) is 0.0280. The van der Waals surface area contributed by atoms with Crippen LogP contribution in [-0.2, 0) is 18.4 Å². The Morgan fingerprint density at radius 1 is 0.642 bits per heavy atom. The normalized spacial score (nSPS) is 14.9. The van der Waals surface area contributed by atoms with Crippen LogP contribution in [-0.4, -0.2) is 47.8 Å². The number of aliphatic hydroxyl groups is 1. The Kier molecular flexibility index (Phi) is 38.1. The van der Waals surface area contributed by atoms with Crippen molar-refractivity contribution >= 4 is 13.7 Å². The molecule has 0 saturated carbocycles. The van der Waals surface area contributed by atoms with Gasteiger partial charge in [0.25, 0.3) is 0 Å². The number of nitrogens with one attached hydrogen (secondary N) is 1. The standard InChI is InChI=1S/C44H79N2O6P/c1-3-5-7-9-11-13-15-17-19-21-23-25-27-29-31-33-35-37-43(47)42(41-52-53(49,50)51-40-39-45)46-44(48)38-36-34-32-30-28-26-24-22-20-18-16-14-12-10-8-6-4-2/h6,8,12,14,18,20,24,26-27,29,35,37,42-43,47H,3-5,7,9-11,13,15-17,19,21-23,25,28,30-34,36,38-41,45H2,1-2H3,(H,46,48)(H,49,50)/b8-6-,14-12-,20-18-,26-24-,29-27+,37-35+. The number of carbonyl (C=O) groups is 1. The van der Waals surface area contributed by atoms with Gasteiger partial charge < -0.3 is 21.1 Å². The Bertz CT molecular complexity index is 1050. The van der Waals surface area contributed by atoms with Gasteiger partial charge in [-0.05, 0) is 70.6 Å². The van der Waals surface area contributed by atoms with Gasteiger partial charge in [-0.2, -0.15) is 0 Å². The lowest BCUT2D eigenvalue weighted by molar-refractivity contribution is -0.123. The molecule has 0 aromatic rings. The van der Waals surface area contributed by atoms with Crippen molar-refractivity contribution in [3.8, 4) is 0 Å². The summed E-state index contributed by atoms with van der Waals surface area (Å²) in [6.07, 6.45) is 50.9. The van der Waals surface area contributed by atoms with E-state index in [1.54, 1.807) is 6.08 Å². The van der Waals surface area contributed by atoms with E-state index in [0.29, 0.717) is 6.42 Å². The molecule has 0 radical (unpaired) electrons. The van der Waals surface area contributed by atoms with E-state index in [1.807, 2.05) is 6.08 Å². The summed E-state index contributed by atoms with van der Waals surface area (Å²) in [7, 11) is -4.36. The topological polar surface area (TPSA) is 131 Å². The van der Waals surface area contributed by atoms with Gasteiger partial charge in [-0.25, -0.2) is 4.57 Å². The molecule has 3 atom stereocenters. The zero-order chi connectivity index (χ0) is 38.9. The van der Waals surface area contributed by atoms with Crippen molar-refractivity contribution in [1.29, 1.82) is 0 Å². The summed E-state index contributed by atoms with van der Waals surface area (Å²) in [5.41, 5.74) is 5.36. The second-order valence-electron chi connectivity index (χ2n) is 13.8. The fraction of sp³-hybridized carbons (Fsp3) is 0.705. The molecular weight excluding hydrogens is 683 g/mol. The maximum atomic E-state index is 12.7. The van der Waals surface area contributed by atoms with E-state index in [4.69, 9.17) is 14.8 Å². The van der Waals surface area contributed by atoms with Crippen LogP contribution in [0, 0.1) is 0 Å². The number of carbonyl (C=O) groups excluding carboxylic acids is 1. The predicted molar refractivity (Wildman–Crippen MR) is 226 cm³/mol. The highest BCUT2D eigenvalue weighted by Crippen LogP contribution is 2.43. The molecule has 53 heavy (non-hydrogen) atoms. The van der Waals surface area contributed by atoms with Crippen LogP contribution in [0.1, 0.15) is 168 Å². The zero-order valence-corrected chi connectivity index (χ0v) is 34.6. The van der Waals surface area contributed by atoms with E-state index in [1.165, 1.54) is 70.6 Å². The predicted octanol–water partition coefficient (Wildman–Crippen LogP) is 11.7. The third-order valence-electron chi connectivity index (χ3n) is 8.77. The SMILES string of the molecule is CC/C=C\C/C=C\C/C=C\C/C=C\CCCCCCC(=O)NC(COP(=O)(O)OCCN)C(O)/C=C/CC/C=C/CCCCCCCCCCCCC. The summed E-state index contributed by atoms with van der Waals surface area (Å²) >= 11 is 0. The lowest BCUT2D eigenvalue weighted by Crippen LogP contribution is -2.45. The number of allylic oxidation sites excluding steroid dienone is 11. The molecule has 0 aliphatic heterocycles. The molecule has 0 fully saturated rings. The molecule has 0 aliphatic rings. The molecule has 3 unspecified atom stereocenters. The van der Waals surface area contributed by atoms with E-state index in [2.05, 4.69) is 79.9 Å². The van der Waals surface area contributed by atoms with Crippen LogP contribution in [0.4, 0.5) is 0 Å². The molecule has 0 aromatic carbocycles. The maximum absolute atomic E-state index is 12.7. The third kappa shape index (κ3) is 38.0. The number of phosphoric ester groups is 1. The monoisotopic (exact) mass is 763 g/mol. The Morgan fingerprint density at radius 3 is 1.68 bits per heavy atom. The largest absolute Gasteiger partial charge is 0.472 e. The summed E-state index contributed by atoms with van der Waals surface area (Å²) in [4.78, 5) is 22.7. The van der Waals surface area contributed by atoms with E-state index >= 15 is 0 Å². The van der Waals surface area contributed by atoms with Crippen LogP contribution < -0.4 is 11.1 Å². The van der Waals surface area contributed by atoms with Gasteiger partial charge in [0, 0.05) is 13.0 Å². The van der Waals surface area contributed by atoms with Gasteiger partial charge in [-0.1, -0.05) is 164 Å². The number of aliphatic hydroxyl groups excluding tert-OH is 1. The molecule has 0 rings (SSSR count). The molecule has 0 heterocycles. The number of amides is 1. The Balaban J connectivity index is 4.36. The molecule has 1 amide bonds. The van der Waals surface area contributed by atoms with Crippen molar-refractivity contribution in [2.45, 2.75) is 180 Å². The van der Waals surface area contributed by atoms with Crippen molar-refractivity contribution in [3.05, 3.63) is 72.9 Å². The molecule has 0 bridgehead atoms. The lowest BCUT2D eigenvalue weighted by Gasteiger charge is -2.23. The van der Waals surface area contributed by atoms with Gasteiger partial charge in [0.1, 0.15) is 0 Å². The summed E-state index contributed by atoms with van der Waals surface area (Å²) in [6, 6.07) is -0.893. The van der Waals surface area contributed by atoms with Gasteiger partial charge in [-0.3, -0.25) is 13.8 Å². The summed E-state index contributed by atoms with van der Waals surface area (Å²) in [5, 5.41) is 13.6. The molecule has 0 aromatic heterocycles. The van der Waals surface area contributed by atoms with Crippen LogP contribution in [0.15, 0.2) is 72.9 Å². The molecule has 0 aliphatic carbocycles. The highest BCUT2D eigenvalue weighted by Gasteiger charge is 2.26. The highest BCUT2D eigenvalue weighted by atomic mass is 31.2. The van der Waals surface area contributed by atoms with Gasteiger partial charge >= 0.3 is 7.82 Å². The number of hydrogen-bond donors (Lipinski definition) is 4. The van der Waals surface area contributed by atoms with Gasteiger partial charge in [-0.15, -0.1) is 0 Å². The van der Waals surface area contributed by atoms with E-state index < -0.39 is 20.0 Å². The van der Waals surface area contributed by atoms with Crippen molar-refractivity contribution < 1.29 is 28.4 Å². The second-order valence-corrected chi connectivity index (χ2v) is 15.3. The first kappa shape index (κ1) is 50.9. The van der Waals surface area contributed by atoms with Crippen molar-refractivity contribution in [3.63, 3.8) is 0 Å². The van der Waals surface area contributed by atoms with Gasteiger partial charge in [0.05, 0.1) is 25.4 Å². The summed E-state index contributed by atoms with van der Waals surface area (Å²) in [6.45, 7) is 3.96. The maximum Gasteiger partial charge on any atom is 0.472 e. The fourth-order valence-corrected chi connectivity index (χ4v) is 6.37. The minimum Gasteiger partial charge on any atom is -0.387 e. The summed E-state index contributed by atoms with van der Waals surface area (Å²) in [5.74, 6) is -0.231. The first-order valence-corrected chi connectivity index (χ1v) is 22.6. The van der Waals surface area contributed by atoms with Crippen molar-refractivity contribution in [1.82, 2.24) is 5.32 Å². The van der Waals surface area contributed by atoms with Crippen molar-refractivity contribution in [2.75, 3.05) is 19.8 Å². The molecule has 0 spiro atoms. The van der Waals surface area contributed by atoms with Gasteiger partial charge in [0.2, 0.25) is 5.91 Å².